The largest absolute Gasteiger partial charge is 0.760 e. The Balaban J connectivity index is 0. The molecule has 0 fully saturated rings. The van der Waals surface area contributed by atoms with Gasteiger partial charge in [0.25, 0.3) is 0 Å². The molecular formula is C6H8NOSW-. The van der Waals surface area contributed by atoms with Crippen LogP contribution >= 0.6 is 0 Å². The Morgan fingerprint density at radius 3 is 2.20 bits per heavy atom. The van der Waals surface area contributed by atoms with Crippen molar-refractivity contribution in [1.82, 2.24) is 4.98 Å². The van der Waals surface area contributed by atoms with Gasteiger partial charge in [-0.3, -0.25) is 4.98 Å². The second-order valence-electron chi connectivity index (χ2n) is 1.17. The number of aliphatic hydroxyl groups excluding tert-OH is 1. The summed E-state index contributed by atoms with van der Waals surface area (Å²) in [6, 6.07) is 5.50. The Kier molecular flexibility index (Phi) is 11.4. The third-order valence-electron chi connectivity index (χ3n) is 0.638. The maximum Gasteiger partial charge on any atom is 0.0319 e. The molecule has 0 spiro atoms. The molecule has 56 valence electrons. The van der Waals surface area contributed by atoms with E-state index in [9.17, 15) is 0 Å². The molecule has 0 radical (unpaired) electrons. The molecule has 1 aromatic rings. The van der Waals surface area contributed by atoms with Crippen molar-refractivity contribution in [3.05, 3.63) is 24.4 Å². The number of aromatic nitrogens is 1. The SMILES string of the molecule is CO.[S-]c1ccccn1.[W]. The van der Waals surface area contributed by atoms with Crippen molar-refractivity contribution in [2.24, 2.45) is 0 Å². The third kappa shape index (κ3) is 6.14. The summed E-state index contributed by atoms with van der Waals surface area (Å²) in [7, 11) is 1.00. The summed E-state index contributed by atoms with van der Waals surface area (Å²) in [4.78, 5) is 3.79. The average molecular weight is 326 g/mol. The zero-order valence-electron chi connectivity index (χ0n) is 5.52. The molecule has 0 aliphatic heterocycles. The summed E-state index contributed by atoms with van der Waals surface area (Å²) in [5.41, 5.74) is 0. The topological polar surface area (TPSA) is 33.1 Å². The molecular weight excluding hydrogens is 318 g/mol. The van der Waals surface area contributed by atoms with E-state index in [4.69, 9.17) is 17.7 Å². The van der Waals surface area contributed by atoms with Crippen molar-refractivity contribution in [1.29, 1.82) is 0 Å². The molecule has 0 atom stereocenters. The van der Waals surface area contributed by atoms with E-state index >= 15 is 0 Å². The molecule has 1 N–H and O–H groups in total. The zero-order valence-corrected chi connectivity index (χ0v) is 9.27. The van der Waals surface area contributed by atoms with Gasteiger partial charge in [-0.2, -0.15) is 0 Å². The van der Waals surface area contributed by atoms with Crippen LogP contribution in [0.2, 0.25) is 0 Å². The Morgan fingerprint density at radius 1 is 1.40 bits per heavy atom. The molecule has 0 unspecified atom stereocenters. The molecule has 0 amide bonds. The van der Waals surface area contributed by atoms with Crippen LogP contribution in [-0.2, 0) is 33.7 Å². The van der Waals surface area contributed by atoms with Crippen LogP contribution in [-0.4, -0.2) is 17.2 Å². The zero-order chi connectivity index (χ0) is 7.11. The van der Waals surface area contributed by atoms with Crippen molar-refractivity contribution in [3.8, 4) is 0 Å². The van der Waals surface area contributed by atoms with Crippen LogP contribution in [0.25, 0.3) is 0 Å². The second kappa shape index (κ2) is 9.02. The van der Waals surface area contributed by atoms with Gasteiger partial charge < -0.3 is 17.7 Å². The summed E-state index contributed by atoms with van der Waals surface area (Å²) in [6.45, 7) is 0. The van der Waals surface area contributed by atoms with Gasteiger partial charge in [-0.1, -0.05) is 17.2 Å². The van der Waals surface area contributed by atoms with Gasteiger partial charge >= 0.3 is 0 Å². The molecule has 0 aliphatic rings. The smallest absolute Gasteiger partial charge is 0.0319 e. The minimum Gasteiger partial charge on any atom is -0.760 e. The summed E-state index contributed by atoms with van der Waals surface area (Å²) in [6.07, 6.45) is 1.68. The third-order valence-corrected chi connectivity index (χ3v) is 0.879. The van der Waals surface area contributed by atoms with Gasteiger partial charge in [-0.05, 0) is 6.07 Å². The Bertz CT molecular complexity index is 148. The Morgan fingerprint density at radius 2 is 2.00 bits per heavy atom. The van der Waals surface area contributed by atoms with E-state index in [1.54, 1.807) is 12.3 Å². The molecule has 0 saturated carbocycles. The fourth-order valence-electron chi connectivity index (χ4n) is 0.347. The quantitative estimate of drug-likeness (QED) is 0.709. The Labute approximate surface area is 80.4 Å². The fourth-order valence-corrected chi connectivity index (χ4v) is 0.487. The number of hydrogen-bond donors (Lipinski definition) is 1. The molecule has 2 nitrogen and oxygen atoms in total. The second-order valence-corrected chi connectivity index (χ2v) is 1.59. The molecule has 0 bridgehead atoms. The van der Waals surface area contributed by atoms with E-state index in [2.05, 4.69) is 4.98 Å². The number of rotatable bonds is 0. The standard InChI is InChI=1S/C5H5NS.CH4O.W/c7-5-3-1-2-4-6-5;1-2;/h1-4H,(H,6,7);2H,1H3;/p-1. The first-order valence-electron chi connectivity index (χ1n) is 2.42. The number of aliphatic hydroxyl groups is 1. The summed E-state index contributed by atoms with van der Waals surface area (Å²) < 4.78 is 0. The van der Waals surface area contributed by atoms with Gasteiger partial charge in [0.05, 0.1) is 0 Å². The molecule has 10 heavy (non-hydrogen) atoms. The maximum absolute atomic E-state index is 7.00. The van der Waals surface area contributed by atoms with Gasteiger partial charge in [0.2, 0.25) is 0 Å². The predicted molar refractivity (Wildman–Crippen MR) is 38.0 cm³/mol. The monoisotopic (exact) mass is 326 g/mol. The number of nitrogens with zero attached hydrogens (tertiary/aromatic N) is 1. The maximum atomic E-state index is 7.00. The van der Waals surface area contributed by atoms with Crippen LogP contribution in [0.4, 0.5) is 0 Å². The molecule has 1 rings (SSSR count). The van der Waals surface area contributed by atoms with Gasteiger partial charge in [0.15, 0.2) is 0 Å². The van der Waals surface area contributed by atoms with Crippen LogP contribution < -0.4 is 0 Å². The van der Waals surface area contributed by atoms with Crippen molar-refractivity contribution < 1.29 is 26.2 Å². The van der Waals surface area contributed by atoms with E-state index in [0.29, 0.717) is 5.03 Å². The first-order valence-corrected chi connectivity index (χ1v) is 2.83. The molecule has 0 aromatic carbocycles. The fraction of sp³-hybridized carbons (Fsp3) is 0.167. The Hall–Kier alpha value is 0.0183. The molecule has 1 heterocycles. The van der Waals surface area contributed by atoms with Crippen molar-refractivity contribution in [3.63, 3.8) is 0 Å². The normalized spacial score (nSPS) is 6.60. The predicted octanol–water partition coefficient (Wildman–Crippen LogP) is 0.593. The van der Waals surface area contributed by atoms with Crippen LogP contribution in [0.15, 0.2) is 29.4 Å². The van der Waals surface area contributed by atoms with E-state index in [1.165, 1.54) is 0 Å². The minimum absolute atomic E-state index is 0. The van der Waals surface area contributed by atoms with Crippen molar-refractivity contribution >= 4 is 12.6 Å². The van der Waals surface area contributed by atoms with Crippen LogP contribution in [0.1, 0.15) is 0 Å². The number of pyridine rings is 1. The summed E-state index contributed by atoms with van der Waals surface area (Å²) >= 11 is 4.70. The molecule has 0 aliphatic carbocycles. The van der Waals surface area contributed by atoms with Gasteiger partial charge in [-0.25, -0.2) is 0 Å². The van der Waals surface area contributed by atoms with Gasteiger partial charge in [0, 0.05) is 34.4 Å². The van der Waals surface area contributed by atoms with E-state index in [1.807, 2.05) is 12.1 Å². The number of hydrogen-bond acceptors (Lipinski definition) is 3. The summed E-state index contributed by atoms with van der Waals surface area (Å²) in [5, 5.41) is 7.66. The van der Waals surface area contributed by atoms with Crippen molar-refractivity contribution in [2.45, 2.75) is 5.03 Å². The van der Waals surface area contributed by atoms with E-state index < -0.39 is 0 Å². The van der Waals surface area contributed by atoms with Crippen molar-refractivity contribution in [2.75, 3.05) is 7.11 Å². The first kappa shape index (κ1) is 12.7. The van der Waals surface area contributed by atoms with E-state index in [-0.39, 0.29) is 21.1 Å². The molecule has 0 saturated heterocycles. The van der Waals surface area contributed by atoms with Crippen LogP contribution in [0, 0.1) is 0 Å². The van der Waals surface area contributed by atoms with E-state index in [0.717, 1.165) is 7.11 Å². The van der Waals surface area contributed by atoms with Crippen LogP contribution in [0.5, 0.6) is 0 Å². The summed E-state index contributed by atoms with van der Waals surface area (Å²) in [5.74, 6) is 0. The molecule has 4 heteroatoms. The first-order chi connectivity index (χ1) is 4.39. The van der Waals surface area contributed by atoms with Gasteiger partial charge in [-0.15, -0.1) is 0 Å². The van der Waals surface area contributed by atoms with Gasteiger partial charge in [0.1, 0.15) is 0 Å². The van der Waals surface area contributed by atoms with Crippen LogP contribution in [0.3, 0.4) is 0 Å². The average Bonchev–Trinajstić information content (AvgIpc) is 1.94. The molecule has 1 aromatic heterocycles. The minimum atomic E-state index is 0.